The number of hydrogen-bond donors (Lipinski definition) is 3. The van der Waals surface area contributed by atoms with E-state index in [1.807, 2.05) is 61.5 Å². The molecule has 1 aliphatic rings. The standard InChI is InChI=1S/C35H37N7O3/c1-23(28-17-20-31-29(21-28)9-6-10-32(31)45-2)36-35(44)42(30-18-15-26(16-19-30)25-7-4-3-5-8-25)22-24-11-13-27(14-12-24)33(43)37-34-38-40-41-39-34/h6,9-21,23,25H,3-5,7-8,22H2,1-2H3,(H,36,44)(H2,37,38,39,40,41,43). The summed E-state index contributed by atoms with van der Waals surface area (Å²) in [6.45, 7) is 2.31. The topological polar surface area (TPSA) is 125 Å². The van der Waals surface area contributed by atoms with E-state index in [4.69, 9.17) is 4.74 Å². The molecule has 1 fully saturated rings. The van der Waals surface area contributed by atoms with Crippen LogP contribution in [0.4, 0.5) is 16.4 Å². The lowest BCUT2D eigenvalue weighted by atomic mass is 9.84. The Morgan fingerprint density at radius 1 is 0.978 bits per heavy atom. The maximum Gasteiger partial charge on any atom is 0.322 e. The van der Waals surface area contributed by atoms with Gasteiger partial charge in [-0.2, -0.15) is 5.21 Å². The molecular formula is C35H37N7O3. The molecule has 1 heterocycles. The van der Waals surface area contributed by atoms with Gasteiger partial charge in [0.15, 0.2) is 0 Å². The van der Waals surface area contributed by atoms with Gasteiger partial charge in [-0.05, 0) is 89.4 Å². The second-order valence-corrected chi connectivity index (χ2v) is 11.5. The van der Waals surface area contributed by atoms with Gasteiger partial charge in [0.1, 0.15) is 5.75 Å². The van der Waals surface area contributed by atoms with Crippen LogP contribution in [0.3, 0.4) is 0 Å². The van der Waals surface area contributed by atoms with Crippen molar-refractivity contribution in [2.45, 2.75) is 57.5 Å². The number of H-pyrrole nitrogens is 1. The van der Waals surface area contributed by atoms with Crippen LogP contribution in [0.2, 0.25) is 0 Å². The Morgan fingerprint density at radius 2 is 1.76 bits per heavy atom. The van der Waals surface area contributed by atoms with Gasteiger partial charge in [0, 0.05) is 16.6 Å². The first kappa shape index (κ1) is 29.8. The number of benzene rings is 4. The summed E-state index contributed by atoms with van der Waals surface area (Å²) in [6, 6.07) is 27.2. The molecule has 1 atom stereocenters. The average molecular weight is 604 g/mol. The first-order valence-electron chi connectivity index (χ1n) is 15.4. The lowest BCUT2D eigenvalue weighted by molar-refractivity contribution is 0.102. The molecule has 45 heavy (non-hydrogen) atoms. The van der Waals surface area contributed by atoms with E-state index in [0.29, 0.717) is 18.0 Å². The SMILES string of the molecule is COc1cccc2cc(C(C)NC(=O)N(Cc3ccc(C(=O)Nc4nn[nH]n4)cc3)c3ccc(C4CCCCC4)cc3)ccc12. The molecule has 1 aliphatic carbocycles. The fourth-order valence-electron chi connectivity index (χ4n) is 6.04. The van der Waals surface area contributed by atoms with Crippen LogP contribution >= 0.6 is 0 Å². The van der Waals surface area contributed by atoms with E-state index < -0.39 is 0 Å². The molecule has 6 rings (SSSR count). The summed E-state index contributed by atoms with van der Waals surface area (Å²) in [5.41, 5.74) is 4.45. The number of fused-ring (bicyclic) bond motifs is 1. The monoisotopic (exact) mass is 603 g/mol. The number of anilines is 2. The molecule has 1 saturated carbocycles. The zero-order valence-corrected chi connectivity index (χ0v) is 25.5. The Labute approximate surface area is 262 Å². The Kier molecular flexibility index (Phi) is 9.00. The lowest BCUT2D eigenvalue weighted by Crippen LogP contribution is -2.40. The van der Waals surface area contributed by atoms with Gasteiger partial charge in [0.05, 0.1) is 19.7 Å². The number of aromatic nitrogens is 4. The fraction of sp³-hybridized carbons (Fsp3) is 0.286. The van der Waals surface area contributed by atoms with Gasteiger partial charge in [-0.3, -0.25) is 15.0 Å². The molecule has 1 aromatic heterocycles. The van der Waals surface area contributed by atoms with Gasteiger partial charge < -0.3 is 10.1 Å². The number of methoxy groups -OCH3 is 1. The second-order valence-electron chi connectivity index (χ2n) is 11.5. The molecule has 230 valence electrons. The summed E-state index contributed by atoms with van der Waals surface area (Å²) >= 11 is 0. The highest BCUT2D eigenvalue weighted by molar-refractivity contribution is 6.03. The smallest absolute Gasteiger partial charge is 0.322 e. The van der Waals surface area contributed by atoms with Crippen molar-refractivity contribution in [1.82, 2.24) is 25.9 Å². The molecule has 0 saturated heterocycles. The number of rotatable bonds is 9. The van der Waals surface area contributed by atoms with E-state index in [1.165, 1.54) is 37.7 Å². The number of tetrazole rings is 1. The van der Waals surface area contributed by atoms with Crippen molar-refractivity contribution < 1.29 is 14.3 Å². The van der Waals surface area contributed by atoms with Crippen molar-refractivity contribution in [3.8, 4) is 5.75 Å². The summed E-state index contributed by atoms with van der Waals surface area (Å²) in [7, 11) is 1.67. The minimum Gasteiger partial charge on any atom is -0.496 e. The predicted molar refractivity (Wildman–Crippen MR) is 174 cm³/mol. The summed E-state index contributed by atoms with van der Waals surface area (Å²) in [4.78, 5) is 28.3. The minimum atomic E-state index is -0.349. The largest absolute Gasteiger partial charge is 0.496 e. The summed E-state index contributed by atoms with van der Waals surface area (Å²) in [5.74, 6) is 1.14. The highest BCUT2D eigenvalue weighted by Gasteiger charge is 2.21. The highest BCUT2D eigenvalue weighted by Crippen LogP contribution is 2.34. The molecule has 3 amide bonds. The molecular weight excluding hydrogens is 566 g/mol. The Hall–Kier alpha value is -5.25. The Bertz CT molecular complexity index is 1750. The fourth-order valence-corrected chi connectivity index (χ4v) is 6.04. The van der Waals surface area contributed by atoms with Crippen LogP contribution in [0, 0.1) is 0 Å². The van der Waals surface area contributed by atoms with E-state index in [1.54, 1.807) is 24.1 Å². The van der Waals surface area contributed by atoms with Crippen LogP contribution in [-0.4, -0.2) is 39.7 Å². The van der Waals surface area contributed by atoms with Crippen LogP contribution in [0.15, 0.2) is 84.9 Å². The number of amides is 3. The van der Waals surface area contributed by atoms with Crippen molar-refractivity contribution in [3.05, 3.63) is 107 Å². The molecule has 10 heteroatoms. The molecule has 1 unspecified atom stereocenters. The van der Waals surface area contributed by atoms with E-state index >= 15 is 0 Å². The normalized spacial score (nSPS) is 14.1. The van der Waals surface area contributed by atoms with Crippen LogP contribution in [-0.2, 0) is 6.54 Å². The van der Waals surface area contributed by atoms with Gasteiger partial charge in [-0.25, -0.2) is 4.79 Å². The zero-order chi connectivity index (χ0) is 31.2. The molecule has 3 N–H and O–H groups in total. The van der Waals surface area contributed by atoms with Crippen LogP contribution < -0.4 is 20.3 Å². The second kappa shape index (κ2) is 13.6. The van der Waals surface area contributed by atoms with E-state index in [9.17, 15) is 9.59 Å². The van der Waals surface area contributed by atoms with Crippen molar-refractivity contribution in [1.29, 1.82) is 0 Å². The number of ether oxygens (including phenoxy) is 1. The Morgan fingerprint density at radius 3 is 2.47 bits per heavy atom. The van der Waals surface area contributed by atoms with Crippen molar-refractivity contribution in [2.75, 3.05) is 17.3 Å². The number of carbonyl (C=O) groups excluding carboxylic acids is 2. The summed E-state index contributed by atoms with van der Waals surface area (Å²) in [5, 5.41) is 21.2. The van der Waals surface area contributed by atoms with Crippen LogP contribution in [0.25, 0.3) is 10.8 Å². The zero-order valence-electron chi connectivity index (χ0n) is 25.5. The summed E-state index contributed by atoms with van der Waals surface area (Å²) in [6.07, 6.45) is 6.27. The molecule has 5 aromatic rings. The van der Waals surface area contributed by atoms with Gasteiger partial charge in [0.2, 0.25) is 0 Å². The maximum atomic E-state index is 13.9. The lowest BCUT2D eigenvalue weighted by Gasteiger charge is -2.27. The quantitative estimate of drug-likeness (QED) is 0.164. The summed E-state index contributed by atoms with van der Waals surface area (Å²) < 4.78 is 5.51. The first-order valence-corrected chi connectivity index (χ1v) is 15.4. The third kappa shape index (κ3) is 6.95. The van der Waals surface area contributed by atoms with E-state index in [0.717, 1.165) is 33.3 Å². The molecule has 0 aliphatic heterocycles. The van der Waals surface area contributed by atoms with Crippen molar-refractivity contribution in [2.24, 2.45) is 0 Å². The first-order chi connectivity index (χ1) is 22.0. The number of carbonyl (C=O) groups is 2. The Balaban J connectivity index is 1.22. The highest BCUT2D eigenvalue weighted by atomic mass is 16.5. The number of nitrogens with one attached hydrogen (secondary N) is 3. The molecule has 10 nitrogen and oxygen atoms in total. The molecule has 0 radical (unpaired) electrons. The van der Waals surface area contributed by atoms with Gasteiger partial charge >= 0.3 is 6.03 Å². The van der Waals surface area contributed by atoms with Crippen LogP contribution in [0.5, 0.6) is 5.75 Å². The average Bonchev–Trinajstić information content (AvgIpc) is 3.60. The minimum absolute atomic E-state index is 0.100. The van der Waals surface area contributed by atoms with Crippen LogP contribution in [0.1, 0.15) is 78.0 Å². The molecule has 0 bridgehead atoms. The predicted octanol–water partition coefficient (Wildman–Crippen LogP) is 7.14. The van der Waals surface area contributed by atoms with Gasteiger partial charge in [-0.1, -0.05) is 72.9 Å². The third-order valence-corrected chi connectivity index (χ3v) is 8.58. The number of aromatic amines is 1. The van der Waals surface area contributed by atoms with Crippen molar-refractivity contribution >= 4 is 34.3 Å². The number of urea groups is 1. The van der Waals surface area contributed by atoms with E-state index in [-0.39, 0.29) is 23.9 Å². The van der Waals surface area contributed by atoms with E-state index in [2.05, 4.69) is 49.5 Å². The maximum absolute atomic E-state index is 13.9. The number of nitrogens with zero attached hydrogens (tertiary/aromatic N) is 4. The van der Waals surface area contributed by atoms with Crippen molar-refractivity contribution in [3.63, 3.8) is 0 Å². The number of hydrogen-bond acceptors (Lipinski definition) is 6. The molecule has 4 aromatic carbocycles. The van der Waals surface area contributed by atoms with Gasteiger partial charge in [0.25, 0.3) is 11.9 Å². The molecule has 0 spiro atoms. The third-order valence-electron chi connectivity index (χ3n) is 8.58. The van der Waals surface area contributed by atoms with Gasteiger partial charge in [-0.15, -0.1) is 5.10 Å².